The minimum Gasteiger partial charge on any atom is -0.201 e. The highest BCUT2D eigenvalue weighted by atomic mass is 32.1. The van der Waals surface area contributed by atoms with E-state index < -0.39 is 0 Å². The summed E-state index contributed by atoms with van der Waals surface area (Å²) < 4.78 is 4.48. The van der Waals surface area contributed by atoms with Crippen LogP contribution in [0.5, 0.6) is 0 Å². The van der Waals surface area contributed by atoms with Crippen molar-refractivity contribution in [3.63, 3.8) is 0 Å². The van der Waals surface area contributed by atoms with E-state index >= 15 is 0 Å². The minimum absolute atomic E-state index is 0.754. The Labute approximate surface area is 138 Å². The average molecular weight is 315 g/mol. The third kappa shape index (κ3) is 2.03. The molecule has 0 atom stereocenters. The van der Waals surface area contributed by atoms with E-state index in [-0.39, 0.29) is 0 Å². The first-order valence-corrected chi connectivity index (χ1v) is 8.32. The molecule has 0 radical (unpaired) electrons. The summed E-state index contributed by atoms with van der Waals surface area (Å²) in [7, 11) is 2.07. The highest BCUT2D eigenvalue weighted by Crippen LogP contribution is 2.41. The molecule has 2 heterocycles. The molecule has 0 fully saturated rings. The van der Waals surface area contributed by atoms with Gasteiger partial charge in [-0.05, 0) is 24.6 Å². The van der Waals surface area contributed by atoms with Crippen molar-refractivity contribution in [1.82, 2.24) is 0 Å². The van der Waals surface area contributed by atoms with E-state index in [1.807, 2.05) is 18.2 Å². The molecule has 0 aliphatic carbocycles. The third-order valence-corrected chi connectivity index (χ3v) is 5.58. The van der Waals surface area contributed by atoms with Crippen molar-refractivity contribution in [2.45, 2.75) is 6.92 Å². The zero-order valence-corrected chi connectivity index (χ0v) is 13.8. The largest absolute Gasteiger partial charge is 0.213 e. The molecule has 3 heteroatoms. The van der Waals surface area contributed by atoms with E-state index in [1.54, 1.807) is 11.3 Å². The van der Waals surface area contributed by atoms with Crippen LogP contribution in [0.15, 0.2) is 54.7 Å². The molecule has 0 saturated carbocycles. The van der Waals surface area contributed by atoms with Crippen molar-refractivity contribution in [3.8, 4) is 17.3 Å². The van der Waals surface area contributed by atoms with Gasteiger partial charge < -0.3 is 0 Å². The zero-order chi connectivity index (χ0) is 16.0. The maximum Gasteiger partial charge on any atom is 0.213 e. The van der Waals surface area contributed by atoms with E-state index in [9.17, 15) is 5.26 Å². The van der Waals surface area contributed by atoms with Crippen LogP contribution in [0.3, 0.4) is 0 Å². The number of nitriles is 1. The molecule has 4 rings (SSSR count). The van der Waals surface area contributed by atoms with Gasteiger partial charge in [-0.3, -0.25) is 0 Å². The van der Waals surface area contributed by atoms with Crippen molar-refractivity contribution in [2.24, 2.45) is 7.05 Å². The van der Waals surface area contributed by atoms with Crippen molar-refractivity contribution < 1.29 is 4.57 Å². The van der Waals surface area contributed by atoms with E-state index in [4.69, 9.17) is 0 Å². The molecule has 2 aromatic carbocycles. The predicted molar refractivity (Wildman–Crippen MR) is 95.4 cm³/mol. The van der Waals surface area contributed by atoms with Crippen LogP contribution >= 0.6 is 11.3 Å². The average Bonchev–Trinajstić information content (AvgIpc) is 2.94. The first-order valence-electron chi connectivity index (χ1n) is 7.50. The monoisotopic (exact) mass is 315 g/mol. The molecule has 2 aromatic heterocycles. The molecule has 0 aliphatic heterocycles. The molecular formula is C20H15N2S+. The maximum absolute atomic E-state index is 9.40. The summed E-state index contributed by atoms with van der Waals surface area (Å²) in [5.41, 5.74) is 4.46. The number of hydrogen-bond acceptors (Lipinski definition) is 2. The summed E-state index contributed by atoms with van der Waals surface area (Å²) in [6.45, 7) is 2.15. The normalized spacial score (nSPS) is 11.0. The van der Waals surface area contributed by atoms with Crippen LogP contribution in [-0.2, 0) is 7.05 Å². The molecule has 0 bridgehead atoms. The number of aryl methyl sites for hydroxylation is 2. The SMILES string of the molecule is Cc1ccc2c(sc3c(C#N)cccc32)c1-c1cccc[n+]1C. The first-order chi connectivity index (χ1) is 11.2. The molecule has 0 N–H and O–H groups in total. The molecule has 2 nitrogen and oxygen atoms in total. The van der Waals surface area contributed by atoms with Gasteiger partial charge in [-0.15, -0.1) is 11.3 Å². The molecular weight excluding hydrogens is 300 g/mol. The summed E-state index contributed by atoms with van der Waals surface area (Å²) in [5, 5.41) is 11.8. The van der Waals surface area contributed by atoms with Gasteiger partial charge in [0.15, 0.2) is 6.20 Å². The van der Waals surface area contributed by atoms with E-state index in [0.717, 1.165) is 10.3 Å². The van der Waals surface area contributed by atoms with Crippen LogP contribution < -0.4 is 4.57 Å². The number of fused-ring (bicyclic) bond motifs is 3. The van der Waals surface area contributed by atoms with Gasteiger partial charge in [0.25, 0.3) is 0 Å². The Morgan fingerprint density at radius 1 is 0.957 bits per heavy atom. The number of hydrogen-bond donors (Lipinski definition) is 0. The van der Waals surface area contributed by atoms with Gasteiger partial charge >= 0.3 is 0 Å². The van der Waals surface area contributed by atoms with Crippen molar-refractivity contribution in [1.29, 1.82) is 5.26 Å². The molecule has 4 aromatic rings. The molecule has 23 heavy (non-hydrogen) atoms. The zero-order valence-electron chi connectivity index (χ0n) is 13.0. The Morgan fingerprint density at radius 3 is 2.57 bits per heavy atom. The molecule has 0 saturated heterocycles. The van der Waals surface area contributed by atoms with Crippen LogP contribution in [0, 0.1) is 18.3 Å². The molecule has 0 aliphatic rings. The lowest BCUT2D eigenvalue weighted by Gasteiger charge is -2.05. The smallest absolute Gasteiger partial charge is 0.201 e. The highest BCUT2D eigenvalue weighted by Gasteiger charge is 2.19. The lowest BCUT2D eigenvalue weighted by molar-refractivity contribution is -0.660. The Morgan fingerprint density at radius 2 is 1.78 bits per heavy atom. The molecule has 0 spiro atoms. The molecule has 0 unspecified atom stereocenters. The van der Waals surface area contributed by atoms with Gasteiger partial charge in [0, 0.05) is 27.6 Å². The minimum atomic E-state index is 0.754. The van der Waals surface area contributed by atoms with Crippen LogP contribution in [0.2, 0.25) is 0 Å². The quantitative estimate of drug-likeness (QED) is 0.467. The van der Waals surface area contributed by atoms with Gasteiger partial charge in [-0.1, -0.05) is 24.3 Å². The number of thiophene rings is 1. The third-order valence-electron chi connectivity index (χ3n) is 4.31. The number of rotatable bonds is 1. The lowest BCUT2D eigenvalue weighted by atomic mass is 10.0. The van der Waals surface area contributed by atoms with E-state index in [1.165, 1.54) is 32.3 Å². The summed E-state index contributed by atoms with van der Waals surface area (Å²) in [4.78, 5) is 0. The van der Waals surface area contributed by atoms with Gasteiger partial charge in [0.2, 0.25) is 5.69 Å². The van der Waals surface area contributed by atoms with Crippen molar-refractivity contribution in [3.05, 3.63) is 65.9 Å². The Balaban J connectivity index is 2.19. The van der Waals surface area contributed by atoms with Gasteiger partial charge in [-0.25, -0.2) is 4.57 Å². The lowest BCUT2D eigenvalue weighted by Crippen LogP contribution is -2.30. The van der Waals surface area contributed by atoms with Crippen molar-refractivity contribution in [2.75, 3.05) is 0 Å². The highest BCUT2D eigenvalue weighted by molar-refractivity contribution is 7.26. The van der Waals surface area contributed by atoms with Crippen molar-refractivity contribution >= 4 is 31.5 Å². The Bertz CT molecular complexity index is 1100. The first kappa shape index (κ1) is 13.9. The topological polar surface area (TPSA) is 27.7 Å². The fraction of sp³-hybridized carbons (Fsp3) is 0.100. The second-order valence-corrected chi connectivity index (χ2v) is 6.75. The number of pyridine rings is 1. The number of benzene rings is 2. The van der Waals surface area contributed by atoms with E-state index in [0.29, 0.717) is 0 Å². The second kappa shape index (κ2) is 5.19. The molecule has 0 amide bonds. The Kier molecular flexibility index (Phi) is 3.14. The van der Waals surface area contributed by atoms with Gasteiger partial charge in [-0.2, -0.15) is 5.26 Å². The fourth-order valence-electron chi connectivity index (χ4n) is 3.15. The van der Waals surface area contributed by atoms with Gasteiger partial charge in [0.1, 0.15) is 13.1 Å². The summed E-state index contributed by atoms with van der Waals surface area (Å²) >= 11 is 1.72. The fourth-order valence-corrected chi connectivity index (χ4v) is 4.52. The summed E-state index contributed by atoms with van der Waals surface area (Å²) in [6.07, 6.45) is 2.07. The van der Waals surface area contributed by atoms with Crippen LogP contribution in [0.1, 0.15) is 11.1 Å². The standard InChI is InChI=1S/C20H15N2S/c1-13-9-10-16-15-7-5-6-14(12-21)19(15)23-20(16)18(13)17-8-3-4-11-22(17)2/h3-11H,1-2H3/q+1. The van der Waals surface area contributed by atoms with Crippen LogP contribution in [-0.4, -0.2) is 0 Å². The number of nitrogens with zero attached hydrogens (tertiary/aromatic N) is 2. The van der Waals surface area contributed by atoms with Gasteiger partial charge in [0.05, 0.1) is 15.8 Å². The number of aromatic nitrogens is 1. The molecule has 110 valence electrons. The van der Waals surface area contributed by atoms with Crippen LogP contribution in [0.25, 0.3) is 31.4 Å². The second-order valence-electron chi connectivity index (χ2n) is 5.73. The Hall–Kier alpha value is -2.70. The maximum atomic E-state index is 9.40. The summed E-state index contributed by atoms with van der Waals surface area (Å²) in [6, 6.07) is 18.9. The predicted octanol–water partition coefficient (Wildman–Crippen LogP) is 4.73. The van der Waals surface area contributed by atoms with E-state index in [2.05, 4.69) is 61.1 Å². The van der Waals surface area contributed by atoms with Crippen LogP contribution in [0.4, 0.5) is 0 Å². The summed E-state index contributed by atoms with van der Waals surface area (Å²) in [5.74, 6) is 0.